The average molecular weight is 264 g/mol. The number of ketones is 1. The second-order valence-electron chi connectivity index (χ2n) is 3.69. The van der Waals surface area contributed by atoms with E-state index >= 15 is 0 Å². The van der Waals surface area contributed by atoms with Crippen LogP contribution in [0.5, 0.6) is 0 Å². The molecule has 1 aliphatic carbocycles. The summed E-state index contributed by atoms with van der Waals surface area (Å²) in [5, 5.41) is 0. The maximum atomic E-state index is 12.3. The lowest BCUT2D eigenvalue weighted by atomic mass is 10.1. The van der Waals surface area contributed by atoms with Gasteiger partial charge in [0.25, 0.3) is 9.84 Å². The molecule has 2 rings (SSSR count). The standard InChI is InChI=1S/C10H7F3O3S/c11-10(12,13)17(15,16)7-3-1-6-2-4-9(14)8(6)5-7/h1,3,5H,2,4H2. The minimum Gasteiger partial charge on any atom is -0.294 e. The highest BCUT2D eigenvalue weighted by Gasteiger charge is 2.47. The predicted octanol–water partition coefficient (Wildman–Crippen LogP) is 2.11. The number of hydrogen-bond donors (Lipinski definition) is 0. The van der Waals surface area contributed by atoms with Gasteiger partial charge in [0, 0.05) is 12.0 Å². The van der Waals surface area contributed by atoms with E-state index in [1.807, 2.05) is 0 Å². The molecule has 0 heterocycles. The van der Waals surface area contributed by atoms with Crippen LogP contribution < -0.4 is 0 Å². The largest absolute Gasteiger partial charge is 0.501 e. The van der Waals surface area contributed by atoms with Crippen LogP contribution in [0.2, 0.25) is 0 Å². The molecule has 7 heteroatoms. The molecule has 0 atom stereocenters. The van der Waals surface area contributed by atoms with Crippen LogP contribution in [-0.2, 0) is 16.3 Å². The minimum atomic E-state index is -5.37. The Bertz CT molecular complexity index is 587. The van der Waals surface area contributed by atoms with Gasteiger partial charge in [-0.1, -0.05) is 6.07 Å². The first kappa shape index (κ1) is 12.1. The molecule has 0 unspecified atom stereocenters. The van der Waals surface area contributed by atoms with E-state index in [1.165, 1.54) is 6.07 Å². The van der Waals surface area contributed by atoms with Gasteiger partial charge >= 0.3 is 5.51 Å². The number of benzene rings is 1. The summed E-state index contributed by atoms with van der Waals surface area (Å²) in [6, 6.07) is 2.96. The van der Waals surface area contributed by atoms with E-state index in [1.54, 1.807) is 0 Å². The van der Waals surface area contributed by atoms with Crippen LogP contribution in [0.3, 0.4) is 0 Å². The van der Waals surface area contributed by atoms with Gasteiger partial charge in [0.1, 0.15) is 0 Å². The molecule has 1 aliphatic rings. The SMILES string of the molecule is O=C1CCc2ccc(S(=O)(=O)C(F)(F)F)cc21. The molecule has 1 aromatic rings. The van der Waals surface area contributed by atoms with Crippen molar-refractivity contribution in [3.05, 3.63) is 29.3 Å². The monoisotopic (exact) mass is 264 g/mol. The molecule has 0 saturated carbocycles. The van der Waals surface area contributed by atoms with Gasteiger partial charge in [-0.25, -0.2) is 8.42 Å². The van der Waals surface area contributed by atoms with Gasteiger partial charge in [-0.05, 0) is 24.1 Å². The highest BCUT2D eigenvalue weighted by atomic mass is 32.2. The third-order valence-corrected chi connectivity index (χ3v) is 4.10. The third kappa shape index (κ3) is 1.84. The Balaban J connectivity index is 2.57. The molecular formula is C10H7F3O3S. The Morgan fingerprint density at radius 1 is 1.12 bits per heavy atom. The Labute approximate surface area is 95.2 Å². The Morgan fingerprint density at radius 3 is 2.35 bits per heavy atom. The first-order chi connectivity index (χ1) is 7.73. The van der Waals surface area contributed by atoms with Crippen molar-refractivity contribution in [3.8, 4) is 0 Å². The zero-order valence-electron chi connectivity index (χ0n) is 8.41. The van der Waals surface area contributed by atoms with Crippen molar-refractivity contribution in [2.45, 2.75) is 23.2 Å². The summed E-state index contributed by atoms with van der Waals surface area (Å²) in [5.74, 6) is -0.320. The first-order valence-corrected chi connectivity index (χ1v) is 6.19. The Morgan fingerprint density at radius 2 is 1.76 bits per heavy atom. The molecule has 0 saturated heterocycles. The van der Waals surface area contributed by atoms with E-state index in [0.29, 0.717) is 12.0 Å². The number of rotatable bonds is 1. The predicted molar refractivity (Wildman–Crippen MR) is 52.3 cm³/mol. The topological polar surface area (TPSA) is 51.2 Å². The zero-order valence-corrected chi connectivity index (χ0v) is 9.23. The maximum Gasteiger partial charge on any atom is 0.501 e. The summed E-state index contributed by atoms with van der Waals surface area (Å²) in [6.07, 6.45) is 0.658. The molecule has 1 aromatic carbocycles. The van der Waals surface area contributed by atoms with Crippen LogP contribution in [0.25, 0.3) is 0 Å². The van der Waals surface area contributed by atoms with Crippen molar-refractivity contribution in [1.29, 1.82) is 0 Å². The van der Waals surface area contributed by atoms with Gasteiger partial charge in [0.05, 0.1) is 4.90 Å². The number of halogens is 3. The van der Waals surface area contributed by atoms with Gasteiger partial charge in [-0.15, -0.1) is 0 Å². The van der Waals surface area contributed by atoms with Crippen LogP contribution in [-0.4, -0.2) is 19.7 Å². The molecule has 17 heavy (non-hydrogen) atoms. The molecule has 0 bridgehead atoms. The average Bonchev–Trinajstić information content (AvgIpc) is 2.58. The van der Waals surface area contributed by atoms with Crippen molar-refractivity contribution >= 4 is 15.6 Å². The molecular weight excluding hydrogens is 257 g/mol. The highest BCUT2D eigenvalue weighted by molar-refractivity contribution is 7.92. The second kappa shape index (κ2) is 3.56. The Hall–Kier alpha value is -1.37. The number of aryl methyl sites for hydroxylation is 1. The third-order valence-electron chi connectivity index (χ3n) is 2.62. The van der Waals surface area contributed by atoms with E-state index in [2.05, 4.69) is 0 Å². The van der Waals surface area contributed by atoms with Gasteiger partial charge in [0.15, 0.2) is 5.78 Å². The lowest BCUT2D eigenvalue weighted by Crippen LogP contribution is -2.23. The molecule has 0 spiro atoms. The van der Waals surface area contributed by atoms with E-state index in [-0.39, 0.29) is 17.8 Å². The molecule has 0 fully saturated rings. The van der Waals surface area contributed by atoms with Crippen molar-refractivity contribution in [3.63, 3.8) is 0 Å². The fourth-order valence-corrected chi connectivity index (χ4v) is 2.50. The molecule has 0 aliphatic heterocycles. The molecule has 3 nitrogen and oxygen atoms in total. The van der Waals surface area contributed by atoms with E-state index in [0.717, 1.165) is 12.1 Å². The first-order valence-electron chi connectivity index (χ1n) is 4.71. The second-order valence-corrected chi connectivity index (χ2v) is 5.63. The summed E-state index contributed by atoms with van der Waals surface area (Å²) >= 11 is 0. The summed E-state index contributed by atoms with van der Waals surface area (Å²) in [7, 11) is -5.37. The number of Topliss-reactive ketones (excluding diaryl/α,β-unsaturated/α-hetero) is 1. The van der Waals surface area contributed by atoms with Crippen molar-refractivity contribution in [2.75, 3.05) is 0 Å². The van der Waals surface area contributed by atoms with E-state index in [9.17, 15) is 26.4 Å². The number of fused-ring (bicyclic) bond motifs is 1. The minimum absolute atomic E-state index is 0.0790. The van der Waals surface area contributed by atoms with Crippen molar-refractivity contribution in [1.82, 2.24) is 0 Å². The van der Waals surface area contributed by atoms with Crippen LogP contribution in [0.1, 0.15) is 22.3 Å². The summed E-state index contributed by atoms with van der Waals surface area (Å²) in [4.78, 5) is 10.4. The number of alkyl halides is 3. The quantitative estimate of drug-likeness (QED) is 0.780. The van der Waals surface area contributed by atoms with Crippen LogP contribution in [0.4, 0.5) is 13.2 Å². The lowest BCUT2D eigenvalue weighted by Gasteiger charge is -2.08. The zero-order chi connectivity index (χ0) is 12.8. The summed E-state index contributed by atoms with van der Waals surface area (Å²) in [6.45, 7) is 0. The number of carbonyl (C=O) groups is 1. The fourth-order valence-electron chi connectivity index (χ4n) is 1.72. The normalized spacial score (nSPS) is 16.1. The molecule has 92 valence electrons. The van der Waals surface area contributed by atoms with Gasteiger partial charge in [-0.3, -0.25) is 4.79 Å². The fraction of sp³-hybridized carbons (Fsp3) is 0.300. The molecule has 0 amide bonds. The summed E-state index contributed by atoms with van der Waals surface area (Å²) < 4.78 is 59.1. The van der Waals surface area contributed by atoms with Crippen molar-refractivity contribution < 1.29 is 26.4 Å². The number of sulfone groups is 1. The van der Waals surface area contributed by atoms with Crippen LogP contribution in [0.15, 0.2) is 23.1 Å². The highest BCUT2D eigenvalue weighted by Crippen LogP contribution is 2.32. The molecule has 0 radical (unpaired) electrons. The van der Waals surface area contributed by atoms with Crippen LogP contribution >= 0.6 is 0 Å². The van der Waals surface area contributed by atoms with Gasteiger partial charge in [-0.2, -0.15) is 13.2 Å². The number of hydrogen-bond acceptors (Lipinski definition) is 3. The molecule has 0 N–H and O–H groups in total. The Kier molecular flexibility index (Phi) is 2.53. The van der Waals surface area contributed by atoms with E-state index < -0.39 is 20.2 Å². The smallest absolute Gasteiger partial charge is 0.294 e. The van der Waals surface area contributed by atoms with E-state index in [4.69, 9.17) is 0 Å². The van der Waals surface area contributed by atoms with Crippen molar-refractivity contribution in [2.24, 2.45) is 0 Å². The van der Waals surface area contributed by atoms with Gasteiger partial charge in [0.2, 0.25) is 0 Å². The van der Waals surface area contributed by atoms with Gasteiger partial charge < -0.3 is 0 Å². The maximum absolute atomic E-state index is 12.3. The molecule has 0 aromatic heterocycles. The number of carbonyl (C=O) groups excluding carboxylic acids is 1. The van der Waals surface area contributed by atoms with Crippen LogP contribution in [0, 0.1) is 0 Å². The summed E-state index contributed by atoms with van der Waals surface area (Å²) in [5.41, 5.74) is -4.67. The lowest BCUT2D eigenvalue weighted by molar-refractivity contribution is -0.0436.